The molecule has 0 spiro atoms. The first-order chi connectivity index (χ1) is 7.86. The highest BCUT2D eigenvalue weighted by atomic mass is 16.5. The van der Waals surface area contributed by atoms with Gasteiger partial charge in [0, 0.05) is 13.1 Å². The highest BCUT2D eigenvalue weighted by Gasteiger charge is 2.34. The first-order valence-electron chi connectivity index (χ1n) is 5.80. The van der Waals surface area contributed by atoms with Crippen molar-refractivity contribution >= 4 is 5.91 Å². The van der Waals surface area contributed by atoms with Gasteiger partial charge in [-0.25, -0.2) is 0 Å². The second-order valence-electron chi connectivity index (χ2n) is 4.39. The molecule has 1 aliphatic carbocycles. The van der Waals surface area contributed by atoms with Crippen LogP contribution in [0.25, 0.3) is 0 Å². The van der Waals surface area contributed by atoms with Crippen LogP contribution in [0, 0.1) is 0 Å². The summed E-state index contributed by atoms with van der Waals surface area (Å²) < 4.78 is 5.26. The van der Waals surface area contributed by atoms with Crippen molar-refractivity contribution in [2.24, 2.45) is 0 Å². The standard InChI is InChI=1S/C13H15NO2/c15-13(14-5-7-16-8-6-14)12-9-10-3-1-2-4-11(10)12/h1-4,12H,5-9H2. The number of hydrogen-bond donors (Lipinski definition) is 0. The van der Waals surface area contributed by atoms with Gasteiger partial charge in [0.05, 0.1) is 19.1 Å². The second-order valence-corrected chi connectivity index (χ2v) is 4.39. The van der Waals surface area contributed by atoms with Gasteiger partial charge in [-0.1, -0.05) is 24.3 Å². The highest BCUT2D eigenvalue weighted by Crippen LogP contribution is 2.36. The molecule has 3 nitrogen and oxygen atoms in total. The minimum atomic E-state index is 0.106. The van der Waals surface area contributed by atoms with Crippen molar-refractivity contribution in [1.29, 1.82) is 0 Å². The number of amides is 1. The topological polar surface area (TPSA) is 29.5 Å². The van der Waals surface area contributed by atoms with Gasteiger partial charge in [0.15, 0.2) is 0 Å². The molecule has 1 aliphatic heterocycles. The fourth-order valence-corrected chi connectivity index (χ4v) is 2.48. The Bertz CT molecular complexity index is 410. The van der Waals surface area contributed by atoms with E-state index in [2.05, 4.69) is 12.1 Å². The van der Waals surface area contributed by atoms with Crippen LogP contribution >= 0.6 is 0 Å². The Morgan fingerprint density at radius 2 is 2.00 bits per heavy atom. The number of carbonyl (C=O) groups excluding carboxylic acids is 1. The maximum atomic E-state index is 12.2. The van der Waals surface area contributed by atoms with Crippen LogP contribution in [-0.4, -0.2) is 37.1 Å². The van der Waals surface area contributed by atoms with Crippen LogP contribution in [0.2, 0.25) is 0 Å². The van der Waals surface area contributed by atoms with E-state index in [1.807, 2.05) is 17.0 Å². The van der Waals surface area contributed by atoms with Gasteiger partial charge in [-0.2, -0.15) is 0 Å². The van der Waals surface area contributed by atoms with E-state index in [1.54, 1.807) is 0 Å². The summed E-state index contributed by atoms with van der Waals surface area (Å²) in [6, 6.07) is 8.23. The quantitative estimate of drug-likeness (QED) is 0.707. The molecule has 16 heavy (non-hydrogen) atoms. The van der Waals surface area contributed by atoms with Crippen LogP contribution in [0.15, 0.2) is 24.3 Å². The fraction of sp³-hybridized carbons (Fsp3) is 0.462. The molecule has 1 amide bonds. The minimum Gasteiger partial charge on any atom is -0.378 e. The Balaban J connectivity index is 1.73. The molecule has 0 bridgehead atoms. The van der Waals surface area contributed by atoms with Crippen molar-refractivity contribution in [1.82, 2.24) is 4.90 Å². The van der Waals surface area contributed by atoms with Gasteiger partial charge in [-0.15, -0.1) is 0 Å². The minimum absolute atomic E-state index is 0.106. The SMILES string of the molecule is O=C(C1Cc2ccccc21)N1CCOCC1. The zero-order valence-electron chi connectivity index (χ0n) is 9.19. The molecule has 0 N–H and O–H groups in total. The number of hydrogen-bond acceptors (Lipinski definition) is 2. The monoisotopic (exact) mass is 217 g/mol. The summed E-state index contributed by atoms with van der Waals surface area (Å²) in [7, 11) is 0. The van der Waals surface area contributed by atoms with Crippen LogP contribution < -0.4 is 0 Å². The van der Waals surface area contributed by atoms with Crippen LogP contribution in [0.3, 0.4) is 0 Å². The molecular formula is C13H15NO2. The van der Waals surface area contributed by atoms with E-state index in [0.717, 1.165) is 19.5 Å². The lowest BCUT2D eigenvalue weighted by Gasteiger charge is -2.35. The Morgan fingerprint density at radius 1 is 1.25 bits per heavy atom. The first-order valence-corrected chi connectivity index (χ1v) is 5.80. The van der Waals surface area contributed by atoms with Gasteiger partial charge in [-0.05, 0) is 17.5 Å². The van der Waals surface area contributed by atoms with E-state index in [9.17, 15) is 4.79 Å². The first kappa shape index (κ1) is 9.85. The lowest BCUT2D eigenvalue weighted by molar-refractivity contribution is -0.137. The Labute approximate surface area is 95.0 Å². The van der Waals surface area contributed by atoms with Crippen molar-refractivity contribution in [3.05, 3.63) is 35.4 Å². The Kier molecular flexibility index (Phi) is 2.40. The number of benzene rings is 1. The van der Waals surface area contributed by atoms with E-state index in [0.29, 0.717) is 13.2 Å². The molecule has 1 unspecified atom stereocenters. The van der Waals surface area contributed by atoms with Crippen LogP contribution in [0.4, 0.5) is 0 Å². The van der Waals surface area contributed by atoms with E-state index in [-0.39, 0.29) is 11.8 Å². The summed E-state index contributed by atoms with van der Waals surface area (Å²) in [4.78, 5) is 14.1. The van der Waals surface area contributed by atoms with Gasteiger partial charge >= 0.3 is 0 Å². The van der Waals surface area contributed by atoms with Gasteiger partial charge in [0.1, 0.15) is 0 Å². The molecule has 2 aliphatic rings. The molecule has 3 rings (SSSR count). The van der Waals surface area contributed by atoms with Crippen LogP contribution in [-0.2, 0) is 16.0 Å². The van der Waals surface area contributed by atoms with Gasteiger partial charge in [0.25, 0.3) is 0 Å². The maximum absolute atomic E-state index is 12.2. The number of nitrogens with zero attached hydrogens (tertiary/aromatic N) is 1. The van der Waals surface area contributed by atoms with Crippen molar-refractivity contribution in [2.45, 2.75) is 12.3 Å². The zero-order chi connectivity index (χ0) is 11.0. The Morgan fingerprint density at radius 3 is 2.75 bits per heavy atom. The smallest absolute Gasteiger partial charge is 0.230 e. The zero-order valence-corrected chi connectivity index (χ0v) is 9.19. The van der Waals surface area contributed by atoms with Crippen LogP contribution in [0.1, 0.15) is 17.0 Å². The molecule has 1 atom stereocenters. The van der Waals surface area contributed by atoms with E-state index in [4.69, 9.17) is 4.74 Å². The number of ether oxygens (including phenoxy) is 1. The fourth-order valence-electron chi connectivity index (χ4n) is 2.48. The summed E-state index contributed by atoms with van der Waals surface area (Å²) in [5, 5.41) is 0. The summed E-state index contributed by atoms with van der Waals surface area (Å²) in [5.74, 6) is 0.385. The van der Waals surface area contributed by atoms with Crippen molar-refractivity contribution in [2.75, 3.05) is 26.3 Å². The molecule has 3 heteroatoms. The lowest BCUT2D eigenvalue weighted by atomic mass is 9.77. The summed E-state index contributed by atoms with van der Waals surface area (Å²) in [6.45, 7) is 2.86. The van der Waals surface area contributed by atoms with Crippen molar-refractivity contribution in [3.63, 3.8) is 0 Å². The normalized spacial score (nSPS) is 23.5. The van der Waals surface area contributed by atoms with Crippen molar-refractivity contribution in [3.8, 4) is 0 Å². The highest BCUT2D eigenvalue weighted by molar-refractivity contribution is 5.87. The summed E-state index contributed by atoms with van der Waals surface area (Å²) in [6.07, 6.45) is 0.909. The predicted octanol–water partition coefficient (Wildman–Crippen LogP) is 1.19. The number of fused-ring (bicyclic) bond motifs is 1. The maximum Gasteiger partial charge on any atom is 0.230 e. The van der Waals surface area contributed by atoms with Crippen molar-refractivity contribution < 1.29 is 9.53 Å². The van der Waals surface area contributed by atoms with E-state index >= 15 is 0 Å². The molecule has 1 heterocycles. The molecule has 1 saturated heterocycles. The molecule has 0 saturated carbocycles. The van der Waals surface area contributed by atoms with E-state index < -0.39 is 0 Å². The lowest BCUT2D eigenvalue weighted by Crippen LogP contribution is -2.45. The summed E-state index contributed by atoms with van der Waals surface area (Å²) >= 11 is 0. The average molecular weight is 217 g/mol. The second kappa shape index (κ2) is 3.91. The molecule has 0 aromatic heterocycles. The number of carbonyl (C=O) groups is 1. The third-order valence-electron chi connectivity index (χ3n) is 3.48. The largest absolute Gasteiger partial charge is 0.378 e. The molecular weight excluding hydrogens is 202 g/mol. The molecule has 84 valence electrons. The number of morpholine rings is 1. The van der Waals surface area contributed by atoms with Crippen LogP contribution in [0.5, 0.6) is 0 Å². The number of rotatable bonds is 1. The molecule has 1 fully saturated rings. The predicted molar refractivity (Wildman–Crippen MR) is 60.3 cm³/mol. The van der Waals surface area contributed by atoms with Gasteiger partial charge in [0.2, 0.25) is 5.91 Å². The average Bonchev–Trinajstić information content (AvgIpc) is 2.32. The van der Waals surface area contributed by atoms with Gasteiger partial charge < -0.3 is 9.64 Å². The van der Waals surface area contributed by atoms with Gasteiger partial charge in [-0.3, -0.25) is 4.79 Å². The molecule has 0 radical (unpaired) electrons. The summed E-state index contributed by atoms with van der Waals surface area (Å²) in [5.41, 5.74) is 2.55. The third kappa shape index (κ3) is 1.52. The van der Waals surface area contributed by atoms with E-state index in [1.165, 1.54) is 11.1 Å². The Hall–Kier alpha value is -1.35. The molecule has 1 aromatic rings. The third-order valence-corrected chi connectivity index (χ3v) is 3.48. The molecule has 1 aromatic carbocycles.